The molecule has 1 heterocycles. The third-order valence-electron chi connectivity index (χ3n) is 2.32. The SMILES string of the molecule is CCCc1nccn1CCC(N)C(N)=O. The van der Waals surface area contributed by atoms with Crippen LogP contribution in [-0.4, -0.2) is 21.5 Å². The quantitative estimate of drug-likeness (QED) is 0.695. The van der Waals surface area contributed by atoms with Crippen LogP contribution in [0.5, 0.6) is 0 Å². The van der Waals surface area contributed by atoms with Gasteiger partial charge in [-0.05, 0) is 12.8 Å². The number of aromatic nitrogens is 2. The summed E-state index contributed by atoms with van der Waals surface area (Å²) in [4.78, 5) is 15.0. The first-order valence-corrected chi connectivity index (χ1v) is 5.20. The van der Waals surface area contributed by atoms with Crippen molar-refractivity contribution in [2.24, 2.45) is 11.5 Å². The van der Waals surface area contributed by atoms with Gasteiger partial charge in [0.2, 0.25) is 5.91 Å². The summed E-state index contributed by atoms with van der Waals surface area (Å²) < 4.78 is 2.02. The monoisotopic (exact) mass is 210 g/mol. The van der Waals surface area contributed by atoms with Gasteiger partial charge in [0.15, 0.2) is 0 Å². The van der Waals surface area contributed by atoms with Gasteiger partial charge in [-0.1, -0.05) is 6.92 Å². The van der Waals surface area contributed by atoms with E-state index in [0.29, 0.717) is 13.0 Å². The van der Waals surface area contributed by atoms with E-state index in [9.17, 15) is 4.79 Å². The second-order valence-corrected chi connectivity index (χ2v) is 3.58. The zero-order chi connectivity index (χ0) is 11.3. The van der Waals surface area contributed by atoms with Crippen LogP contribution in [0.25, 0.3) is 0 Å². The maximum atomic E-state index is 10.7. The summed E-state index contributed by atoms with van der Waals surface area (Å²) in [5.41, 5.74) is 10.6. The number of primary amides is 1. The van der Waals surface area contributed by atoms with Crippen molar-refractivity contribution < 1.29 is 4.79 Å². The topological polar surface area (TPSA) is 86.9 Å². The molecule has 0 aliphatic carbocycles. The predicted octanol–water partition coefficient (Wildman–Crippen LogP) is 0.0383. The third-order valence-corrected chi connectivity index (χ3v) is 2.32. The summed E-state index contributed by atoms with van der Waals surface area (Å²) >= 11 is 0. The highest BCUT2D eigenvalue weighted by atomic mass is 16.1. The van der Waals surface area contributed by atoms with Crippen LogP contribution in [0.2, 0.25) is 0 Å². The lowest BCUT2D eigenvalue weighted by atomic mass is 10.2. The Bertz CT molecular complexity index is 321. The number of imidazole rings is 1. The number of aryl methyl sites for hydroxylation is 2. The van der Waals surface area contributed by atoms with Crippen molar-refractivity contribution in [3.05, 3.63) is 18.2 Å². The lowest BCUT2D eigenvalue weighted by Crippen LogP contribution is -2.37. The van der Waals surface area contributed by atoms with Crippen LogP contribution in [0.4, 0.5) is 0 Å². The summed E-state index contributed by atoms with van der Waals surface area (Å²) in [6.07, 6.45) is 6.22. The summed E-state index contributed by atoms with van der Waals surface area (Å²) in [7, 11) is 0. The summed E-state index contributed by atoms with van der Waals surface area (Å²) in [6.45, 7) is 2.80. The molecule has 0 radical (unpaired) electrons. The first-order valence-electron chi connectivity index (χ1n) is 5.20. The zero-order valence-corrected chi connectivity index (χ0v) is 9.02. The van der Waals surface area contributed by atoms with Crippen LogP contribution >= 0.6 is 0 Å². The van der Waals surface area contributed by atoms with E-state index >= 15 is 0 Å². The number of carbonyl (C=O) groups is 1. The van der Waals surface area contributed by atoms with Crippen LogP contribution in [-0.2, 0) is 17.8 Å². The van der Waals surface area contributed by atoms with E-state index in [-0.39, 0.29) is 0 Å². The molecule has 1 rings (SSSR count). The van der Waals surface area contributed by atoms with E-state index in [1.807, 2.05) is 10.8 Å². The van der Waals surface area contributed by atoms with Crippen LogP contribution in [0.1, 0.15) is 25.6 Å². The molecule has 0 aromatic carbocycles. The summed E-state index contributed by atoms with van der Waals surface area (Å²) in [6, 6.07) is -0.568. The van der Waals surface area contributed by atoms with E-state index in [4.69, 9.17) is 11.5 Å². The number of nitrogens with zero attached hydrogens (tertiary/aromatic N) is 2. The molecule has 0 saturated heterocycles. The van der Waals surface area contributed by atoms with Gasteiger partial charge in [-0.3, -0.25) is 4.79 Å². The number of hydrogen-bond acceptors (Lipinski definition) is 3. The van der Waals surface area contributed by atoms with Crippen LogP contribution in [0.3, 0.4) is 0 Å². The van der Waals surface area contributed by atoms with Gasteiger partial charge < -0.3 is 16.0 Å². The zero-order valence-electron chi connectivity index (χ0n) is 9.02. The Morgan fingerprint density at radius 2 is 2.40 bits per heavy atom. The van der Waals surface area contributed by atoms with E-state index in [1.54, 1.807) is 6.20 Å². The summed E-state index contributed by atoms with van der Waals surface area (Å²) in [5, 5.41) is 0. The smallest absolute Gasteiger partial charge is 0.234 e. The third kappa shape index (κ3) is 3.36. The highest BCUT2D eigenvalue weighted by Crippen LogP contribution is 2.03. The second-order valence-electron chi connectivity index (χ2n) is 3.58. The van der Waals surface area contributed by atoms with Gasteiger partial charge in [0.25, 0.3) is 0 Å². The average molecular weight is 210 g/mol. The van der Waals surface area contributed by atoms with Crippen molar-refractivity contribution in [1.82, 2.24) is 9.55 Å². The Labute approximate surface area is 89.5 Å². The first kappa shape index (κ1) is 11.7. The minimum absolute atomic E-state index is 0.452. The standard InChI is InChI=1S/C10H18N4O/c1-2-3-9-13-5-7-14(9)6-4-8(11)10(12)15/h5,7-8H,2-4,6,11H2,1H3,(H2,12,15). The second kappa shape index (κ2) is 5.50. The minimum Gasteiger partial charge on any atom is -0.368 e. The van der Waals surface area contributed by atoms with Crippen LogP contribution in [0, 0.1) is 0 Å². The Morgan fingerprint density at radius 3 is 3.00 bits per heavy atom. The molecule has 5 nitrogen and oxygen atoms in total. The normalized spacial score (nSPS) is 12.7. The lowest BCUT2D eigenvalue weighted by Gasteiger charge is -2.10. The van der Waals surface area contributed by atoms with Crippen molar-refractivity contribution in [2.75, 3.05) is 0 Å². The molecule has 15 heavy (non-hydrogen) atoms. The van der Waals surface area contributed by atoms with Gasteiger partial charge in [-0.2, -0.15) is 0 Å². The molecule has 1 aromatic rings. The Hall–Kier alpha value is -1.36. The molecule has 1 amide bonds. The van der Waals surface area contributed by atoms with Gasteiger partial charge in [-0.25, -0.2) is 4.98 Å². The van der Waals surface area contributed by atoms with Crippen molar-refractivity contribution in [3.8, 4) is 0 Å². The molecule has 0 aliphatic rings. The van der Waals surface area contributed by atoms with E-state index in [2.05, 4.69) is 11.9 Å². The average Bonchev–Trinajstić information content (AvgIpc) is 2.62. The van der Waals surface area contributed by atoms with Gasteiger partial charge in [0.05, 0.1) is 6.04 Å². The maximum absolute atomic E-state index is 10.7. The lowest BCUT2D eigenvalue weighted by molar-refractivity contribution is -0.119. The van der Waals surface area contributed by atoms with E-state index < -0.39 is 11.9 Å². The fourth-order valence-corrected chi connectivity index (χ4v) is 1.42. The largest absolute Gasteiger partial charge is 0.368 e. The molecule has 0 aliphatic heterocycles. The Balaban J connectivity index is 2.49. The maximum Gasteiger partial charge on any atom is 0.234 e. The van der Waals surface area contributed by atoms with Crippen LogP contribution in [0.15, 0.2) is 12.4 Å². The number of rotatable bonds is 6. The van der Waals surface area contributed by atoms with Gasteiger partial charge in [0.1, 0.15) is 5.82 Å². The summed E-state index contributed by atoms with van der Waals surface area (Å²) in [5.74, 6) is 0.585. The molecule has 0 spiro atoms. The van der Waals surface area contributed by atoms with Gasteiger partial charge >= 0.3 is 0 Å². The highest BCUT2D eigenvalue weighted by molar-refractivity contribution is 5.79. The fraction of sp³-hybridized carbons (Fsp3) is 0.600. The van der Waals surface area contributed by atoms with E-state index in [0.717, 1.165) is 18.7 Å². The van der Waals surface area contributed by atoms with Crippen molar-refractivity contribution in [2.45, 2.75) is 38.8 Å². The van der Waals surface area contributed by atoms with Gasteiger partial charge in [-0.15, -0.1) is 0 Å². The molecule has 0 saturated carbocycles. The fourth-order valence-electron chi connectivity index (χ4n) is 1.42. The molecule has 0 fully saturated rings. The first-order chi connectivity index (χ1) is 7.15. The number of amides is 1. The molecule has 4 N–H and O–H groups in total. The van der Waals surface area contributed by atoms with Crippen LogP contribution < -0.4 is 11.5 Å². The number of hydrogen-bond donors (Lipinski definition) is 2. The Morgan fingerprint density at radius 1 is 1.67 bits per heavy atom. The molecule has 0 bridgehead atoms. The molecule has 1 unspecified atom stereocenters. The molecule has 5 heteroatoms. The Kier molecular flexibility index (Phi) is 4.30. The highest BCUT2D eigenvalue weighted by Gasteiger charge is 2.09. The van der Waals surface area contributed by atoms with Crippen molar-refractivity contribution >= 4 is 5.91 Å². The molecule has 1 atom stereocenters. The molecule has 1 aromatic heterocycles. The van der Waals surface area contributed by atoms with Crippen molar-refractivity contribution in [3.63, 3.8) is 0 Å². The van der Waals surface area contributed by atoms with Crippen molar-refractivity contribution in [1.29, 1.82) is 0 Å². The number of carbonyl (C=O) groups excluding carboxylic acids is 1. The molecule has 84 valence electrons. The number of nitrogens with two attached hydrogens (primary N) is 2. The minimum atomic E-state index is -0.568. The molecular weight excluding hydrogens is 192 g/mol. The molecular formula is C10H18N4O. The predicted molar refractivity (Wildman–Crippen MR) is 58.0 cm³/mol. The van der Waals surface area contributed by atoms with E-state index in [1.165, 1.54) is 0 Å². The van der Waals surface area contributed by atoms with Gasteiger partial charge in [0, 0.05) is 25.4 Å².